The molecular weight excluding hydrogens is 861 g/mol. The highest BCUT2D eigenvalue weighted by Gasteiger charge is 2.26. The van der Waals surface area contributed by atoms with Gasteiger partial charge in [0, 0.05) is 96.9 Å². The molecule has 0 saturated heterocycles. The smallest absolute Gasteiger partial charge is 0.142 e. The molecule has 0 aliphatic heterocycles. The van der Waals surface area contributed by atoms with Crippen LogP contribution in [0.15, 0.2) is 210 Å². The summed E-state index contributed by atoms with van der Waals surface area (Å²) in [5.41, 5.74) is 20.7. The minimum atomic E-state index is 0.860. The molecule has 14 aromatic rings. The van der Waals surface area contributed by atoms with E-state index in [2.05, 4.69) is 148 Å². The minimum Gasteiger partial charge on any atom is -0.456 e. The van der Waals surface area contributed by atoms with E-state index < -0.39 is 0 Å². The van der Waals surface area contributed by atoms with Crippen molar-refractivity contribution in [3.8, 4) is 45.0 Å². The van der Waals surface area contributed by atoms with Crippen LogP contribution in [0.2, 0.25) is 0 Å². The quantitative estimate of drug-likeness (QED) is 0.165. The molecule has 0 amide bonds. The Morgan fingerprint density at radius 2 is 1.11 bits per heavy atom. The predicted molar refractivity (Wildman–Crippen MR) is 282 cm³/mol. The van der Waals surface area contributed by atoms with Crippen LogP contribution in [0, 0.1) is 0 Å². The monoisotopic (exact) mass is 898 g/mol. The van der Waals surface area contributed by atoms with Gasteiger partial charge in [0.05, 0.1) is 39.1 Å². The van der Waals surface area contributed by atoms with Gasteiger partial charge in [-0.05, 0) is 127 Å². The van der Waals surface area contributed by atoms with E-state index in [0.717, 1.165) is 140 Å². The number of hydrogen-bond donors (Lipinski definition) is 0. The molecule has 1 aliphatic rings. The molecule has 6 aromatic carbocycles. The molecule has 0 radical (unpaired) electrons. The van der Waals surface area contributed by atoms with Gasteiger partial charge in [-0.25, -0.2) is 0 Å². The van der Waals surface area contributed by atoms with Gasteiger partial charge in [0.2, 0.25) is 0 Å². The molecule has 0 spiro atoms. The normalized spacial score (nSPS) is 12.8. The first kappa shape index (κ1) is 38.7. The van der Waals surface area contributed by atoms with E-state index in [-0.39, 0.29) is 0 Å². The fourth-order valence-corrected chi connectivity index (χ4v) is 11.2. The summed E-state index contributed by atoms with van der Waals surface area (Å²) in [6.07, 6.45) is 13.6. The van der Waals surface area contributed by atoms with Crippen LogP contribution >= 0.6 is 0 Å². The number of benzene rings is 6. The van der Waals surface area contributed by atoms with E-state index in [1.54, 1.807) is 0 Å². The third-order valence-electron chi connectivity index (χ3n) is 14.3. The maximum Gasteiger partial charge on any atom is 0.142 e. The van der Waals surface area contributed by atoms with Crippen molar-refractivity contribution in [2.75, 3.05) is 0 Å². The number of para-hydroxylation sites is 3. The molecule has 0 unspecified atom stereocenters. The highest BCUT2D eigenvalue weighted by molar-refractivity contribution is 6.13. The number of furan rings is 2. The number of nitrogens with zero attached hydrogens (tertiary/aromatic N) is 6. The summed E-state index contributed by atoms with van der Waals surface area (Å²) in [5.74, 6) is 0. The van der Waals surface area contributed by atoms with Crippen molar-refractivity contribution in [2.45, 2.75) is 12.8 Å². The summed E-state index contributed by atoms with van der Waals surface area (Å²) < 4.78 is 17.8. The maximum absolute atomic E-state index is 6.83. The van der Waals surface area contributed by atoms with E-state index in [1.165, 1.54) is 16.8 Å². The topological polar surface area (TPSA) is 87.7 Å². The van der Waals surface area contributed by atoms with Crippen LogP contribution in [-0.4, -0.2) is 29.1 Å². The lowest BCUT2D eigenvalue weighted by Crippen LogP contribution is -2.05. The van der Waals surface area contributed by atoms with Crippen molar-refractivity contribution < 1.29 is 8.83 Å². The zero-order valence-electron chi connectivity index (χ0n) is 37.5. The molecule has 8 nitrogen and oxygen atoms in total. The van der Waals surface area contributed by atoms with Crippen molar-refractivity contribution >= 4 is 88.4 Å². The molecule has 0 saturated carbocycles. The molecule has 0 bridgehead atoms. The largest absolute Gasteiger partial charge is 0.456 e. The van der Waals surface area contributed by atoms with Crippen molar-refractivity contribution in [1.82, 2.24) is 29.1 Å². The Morgan fingerprint density at radius 1 is 0.429 bits per heavy atom. The lowest BCUT2D eigenvalue weighted by molar-refractivity contribution is 0.667. The number of rotatable bonds is 6. The third kappa shape index (κ3) is 5.77. The van der Waals surface area contributed by atoms with Gasteiger partial charge in [0.1, 0.15) is 22.3 Å². The van der Waals surface area contributed by atoms with Crippen LogP contribution < -0.4 is 0 Å². The molecule has 328 valence electrons. The summed E-state index contributed by atoms with van der Waals surface area (Å²) in [7, 11) is 0. The van der Waals surface area contributed by atoms with Crippen LogP contribution in [0.25, 0.3) is 133 Å². The lowest BCUT2D eigenvalue weighted by Gasteiger charge is -2.18. The standard InChI is InChI=1S/C62H38N6O2/c1-2-18-57-42(10-1)48-35-40(22-26-58(48)69-57)67-53-24-20-39(34-46(53)50-36-63-31-27-55(50)67)41-11-7-12-43-47-32-38(21-25-59(47)70-62(41)43)37-19-23-54-49(33-37)60-56(17-9-30-66-60)68(54)61-44(51-15-3-5-28-64-51)13-8-14-45(61)52-16-4-6-29-65-52/h1-19,21-23,25-36H,20,24H2. The van der Waals surface area contributed by atoms with Gasteiger partial charge in [-0.2, -0.15) is 0 Å². The van der Waals surface area contributed by atoms with E-state index in [1.807, 2.05) is 73.4 Å². The first-order valence-corrected chi connectivity index (χ1v) is 23.6. The van der Waals surface area contributed by atoms with Crippen molar-refractivity contribution in [3.05, 3.63) is 218 Å². The summed E-state index contributed by atoms with van der Waals surface area (Å²) >= 11 is 0. The van der Waals surface area contributed by atoms with Gasteiger partial charge in [-0.15, -0.1) is 0 Å². The van der Waals surface area contributed by atoms with Gasteiger partial charge in [0.25, 0.3) is 0 Å². The Kier molecular flexibility index (Phi) is 8.32. The van der Waals surface area contributed by atoms with Gasteiger partial charge < -0.3 is 18.0 Å². The Bertz CT molecular complexity index is 4420. The highest BCUT2D eigenvalue weighted by atomic mass is 16.3. The molecule has 15 rings (SSSR count). The zero-order valence-corrected chi connectivity index (χ0v) is 37.5. The van der Waals surface area contributed by atoms with Crippen LogP contribution in [0.1, 0.15) is 23.2 Å². The highest BCUT2D eigenvalue weighted by Crippen LogP contribution is 2.45. The van der Waals surface area contributed by atoms with Crippen molar-refractivity contribution in [3.63, 3.8) is 0 Å². The Hall–Kier alpha value is -9.40. The van der Waals surface area contributed by atoms with Crippen LogP contribution in [0.4, 0.5) is 0 Å². The van der Waals surface area contributed by atoms with Gasteiger partial charge in [-0.3, -0.25) is 19.9 Å². The molecule has 8 heteroatoms. The second-order valence-corrected chi connectivity index (χ2v) is 18.1. The molecule has 8 heterocycles. The number of aromatic nitrogens is 6. The molecule has 1 aliphatic carbocycles. The Morgan fingerprint density at radius 3 is 1.96 bits per heavy atom. The maximum atomic E-state index is 6.83. The molecule has 0 N–H and O–H groups in total. The molecule has 0 fully saturated rings. The van der Waals surface area contributed by atoms with Crippen molar-refractivity contribution in [1.29, 1.82) is 0 Å². The molecular formula is C62H38N6O2. The average Bonchev–Trinajstić information content (AvgIpc) is 4.18. The van der Waals surface area contributed by atoms with Gasteiger partial charge in [0.15, 0.2) is 0 Å². The van der Waals surface area contributed by atoms with E-state index in [0.29, 0.717) is 0 Å². The molecule has 0 atom stereocenters. The summed E-state index contributed by atoms with van der Waals surface area (Å²) in [5, 5.41) is 6.61. The second-order valence-electron chi connectivity index (χ2n) is 18.1. The summed E-state index contributed by atoms with van der Waals surface area (Å²) in [6.45, 7) is 0. The Balaban J connectivity index is 0.846. The van der Waals surface area contributed by atoms with E-state index in [4.69, 9.17) is 23.8 Å². The fourth-order valence-electron chi connectivity index (χ4n) is 11.2. The average molecular weight is 899 g/mol. The van der Waals surface area contributed by atoms with E-state index in [9.17, 15) is 0 Å². The lowest BCUT2D eigenvalue weighted by atomic mass is 9.90. The fraction of sp³-hybridized carbons (Fsp3) is 0.0323. The Labute approximate surface area is 400 Å². The van der Waals surface area contributed by atoms with Gasteiger partial charge in [-0.1, -0.05) is 78.9 Å². The molecule has 70 heavy (non-hydrogen) atoms. The second kappa shape index (κ2) is 15.1. The zero-order chi connectivity index (χ0) is 45.9. The predicted octanol–water partition coefficient (Wildman–Crippen LogP) is 15.6. The number of hydrogen-bond acceptors (Lipinski definition) is 6. The number of fused-ring (bicyclic) bond motifs is 12. The summed E-state index contributed by atoms with van der Waals surface area (Å²) in [4.78, 5) is 19.3. The number of allylic oxidation sites excluding steroid dienone is 1. The molecule has 8 aromatic heterocycles. The van der Waals surface area contributed by atoms with Crippen LogP contribution in [0.3, 0.4) is 0 Å². The first-order valence-electron chi connectivity index (χ1n) is 23.6. The van der Waals surface area contributed by atoms with E-state index >= 15 is 0 Å². The third-order valence-corrected chi connectivity index (χ3v) is 14.3. The van der Waals surface area contributed by atoms with Crippen LogP contribution in [-0.2, 0) is 6.42 Å². The number of pyridine rings is 4. The first-order chi connectivity index (χ1) is 34.7. The van der Waals surface area contributed by atoms with Gasteiger partial charge >= 0.3 is 0 Å². The van der Waals surface area contributed by atoms with Crippen LogP contribution in [0.5, 0.6) is 0 Å². The minimum absolute atomic E-state index is 0.860. The van der Waals surface area contributed by atoms with Crippen molar-refractivity contribution in [2.24, 2.45) is 0 Å². The SMILES string of the molecule is C1=C(c2cccc3c2oc2ccc(-c4ccc5c(c4)c4ncccc4n5-c4c(-c5ccccn5)cccc4-c4ccccn4)cc23)CCc2c1c1cnccc1n2-c1ccc2oc3ccccc3c2c1. The summed E-state index contributed by atoms with van der Waals surface area (Å²) in [6, 6.07) is 59.4.